The van der Waals surface area contributed by atoms with Crippen LogP contribution >= 0.6 is 0 Å². The molecule has 60 heavy (non-hydrogen) atoms. The van der Waals surface area contributed by atoms with E-state index < -0.39 is 25.1 Å². The fourth-order valence-corrected chi connectivity index (χ4v) is 12.3. The lowest BCUT2D eigenvalue weighted by Gasteiger charge is -2.35. The molecule has 1 aliphatic carbocycles. The molecule has 342 valence electrons. The molecule has 0 aromatic heterocycles. The van der Waals surface area contributed by atoms with Gasteiger partial charge in [-0.3, -0.25) is 0 Å². The molecule has 2 aromatic carbocycles. The van der Waals surface area contributed by atoms with E-state index in [2.05, 4.69) is 16.1 Å². The van der Waals surface area contributed by atoms with E-state index in [9.17, 15) is 16.8 Å². The first-order valence-corrected chi connectivity index (χ1v) is 27.8. The van der Waals surface area contributed by atoms with Crippen LogP contribution in [0.1, 0.15) is 217 Å². The van der Waals surface area contributed by atoms with Crippen LogP contribution in [0.25, 0.3) is 0 Å². The quantitative estimate of drug-likeness (QED) is 0.309. The van der Waals surface area contributed by atoms with E-state index in [1.54, 1.807) is 24.3 Å². The van der Waals surface area contributed by atoms with E-state index in [-0.39, 0.29) is 23.9 Å². The van der Waals surface area contributed by atoms with Gasteiger partial charge in [-0.1, -0.05) is 209 Å². The van der Waals surface area contributed by atoms with Gasteiger partial charge in [0.1, 0.15) is 0 Å². The van der Waals surface area contributed by atoms with Crippen molar-refractivity contribution >= 4 is 19.9 Å². The van der Waals surface area contributed by atoms with E-state index in [1.807, 2.05) is 38.1 Å². The molecule has 0 amide bonds. The number of aryl methyl sites for hydroxylation is 2. The van der Waals surface area contributed by atoms with Crippen molar-refractivity contribution in [3.8, 4) is 0 Å². The molecule has 10 heteroatoms. The average molecular weight is 871 g/mol. The van der Waals surface area contributed by atoms with Crippen molar-refractivity contribution < 1.29 is 16.8 Å². The summed E-state index contributed by atoms with van der Waals surface area (Å²) in [6.07, 6.45) is 37.9. The van der Waals surface area contributed by atoms with Crippen LogP contribution in [0.4, 0.5) is 0 Å². The standard InChI is InChI=1S/C50H86N4O4S2/c1-45-34-38-49(39-35-45)59(55,56)48-33-29-25-21-17-13-10-14-18-22-26-30-43-53(51-52-54(44-42-48)60(57,58)50-40-36-46(2)37-41-50)47-31-27-23-19-15-11-8-6-4-3-5-7-9-12-16-20-24-28-32-47/h34-41,47-48,51-52H,3-33,42-44H2,1-2H3. The van der Waals surface area contributed by atoms with Crippen LogP contribution in [0.5, 0.6) is 0 Å². The second kappa shape index (κ2) is 29.5. The third-order valence-electron chi connectivity index (χ3n) is 13.3. The molecule has 1 aliphatic heterocycles. The van der Waals surface area contributed by atoms with Crippen molar-refractivity contribution in [3.63, 3.8) is 0 Å². The Morgan fingerprint density at radius 3 is 1.17 bits per heavy atom. The Bertz CT molecular complexity index is 1600. The molecule has 2 aromatic rings. The third-order valence-corrected chi connectivity index (χ3v) is 17.3. The maximum absolute atomic E-state index is 14.5. The minimum Gasteiger partial charge on any atom is -0.227 e. The lowest BCUT2D eigenvalue weighted by Crippen LogP contribution is -2.59. The SMILES string of the molecule is Cc1ccc(S(=O)(=O)C2CCCCCCCCCCCCCN(C3CCCCCCCCCCCCCCCCCCC3)NNN(S(=O)(=O)c3ccc(C)cc3)CC2)cc1. The molecule has 1 atom stereocenters. The topological polar surface area (TPSA) is 98.8 Å². The van der Waals surface area contributed by atoms with E-state index in [4.69, 9.17) is 0 Å². The maximum atomic E-state index is 14.5. The highest BCUT2D eigenvalue weighted by atomic mass is 32.2. The Morgan fingerprint density at radius 2 is 0.750 bits per heavy atom. The normalized spacial score (nSPS) is 23.0. The van der Waals surface area contributed by atoms with Crippen LogP contribution in [0.2, 0.25) is 0 Å². The first kappa shape index (κ1) is 50.8. The largest absolute Gasteiger partial charge is 0.256 e. The Labute approximate surface area is 368 Å². The number of sulfone groups is 1. The Kier molecular flexibility index (Phi) is 25.0. The molecule has 2 aliphatic rings. The Hall–Kier alpha value is -1.82. The van der Waals surface area contributed by atoms with Crippen LogP contribution in [0, 0.1) is 13.8 Å². The van der Waals surface area contributed by atoms with Gasteiger partial charge in [-0.2, -0.15) is 11.1 Å². The molecule has 0 bridgehead atoms. The second-order valence-corrected chi connectivity index (χ2v) is 22.6. The van der Waals surface area contributed by atoms with E-state index >= 15 is 0 Å². The molecule has 1 heterocycles. The third kappa shape index (κ3) is 19.3. The number of hydrogen-bond acceptors (Lipinski definition) is 7. The van der Waals surface area contributed by atoms with Gasteiger partial charge in [-0.05, 0) is 70.2 Å². The monoisotopic (exact) mass is 871 g/mol. The minimum atomic E-state index is -4.03. The summed E-state index contributed by atoms with van der Waals surface area (Å²) in [4.78, 5) is 0.513. The van der Waals surface area contributed by atoms with Crippen molar-refractivity contribution in [1.82, 2.24) is 20.5 Å². The van der Waals surface area contributed by atoms with E-state index in [0.717, 1.165) is 62.6 Å². The lowest BCUT2D eigenvalue weighted by molar-refractivity contribution is 0.0419. The first-order chi connectivity index (χ1) is 29.2. The van der Waals surface area contributed by atoms with Gasteiger partial charge in [0.05, 0.1) is 15.0 Å². The second-order valence-electron chi connectivity index (χ2n) is 18.5. The van der Waals surface area contributed by atoms with Crippen molar-refractivity contribution in [2.45, 2.75) is 240 Å². The van der Waals surface area contributed by atoms with Gasteiger partial charge < -0.3 is 0 Å². The number of nitrogens with zero attached hydrogens (tertiary/aromatic N) is 2. The van der Waals surface area contributed by atoms with Crippen molar-refractivity contribution in [1.29, 1.82) is 0 Å². The number of sulfonamides is 1. The summed E-state index contributed by atoms with van der Waals surface area (Å²) in [6, 6.07) is 14.4. The van der Waals surface area contributed by atoms with Gasteiger partial charge >= 0.3 is 0 Å². The van der Waals surface area contributed by atoms with Crippen molar-refractivity contribution in [3.05, 3.63) is 59.7 Å². The van der Waals surface area contributed by atoms with Crippen LogP contribution in [-0.4, -0.2) is 50.6 Å². The zero-order valence-electron chi connectivity index (χ0n) is 38.2. The van der Waals surface area contributed by atoms with Crippen LogP contribution in [0.15, 0.2) is 58.3 Å². The molecule has 0 spiro atoms. The predicted octanol–water partition coefficient (Wildman–Crippen LogP) is 13.2. The smallest absolute Gasteiger partial charge is 0.227 e. The van der Waals surface area contributed by atoms with Crippen LogP contribution in [-0.2, 0) is 19.9 Å². The molecule has 0 radical (unpaired) electrons. The number of benzene rings is 2. The molecular weight excluding hydrogens is 785 g/mol. The summed E-state index contributed by atoms with van der Waals surface area (Å²) < 4.78 is 59.0. The minimum absolute atomic E-state index is 0.0253. The van der Waals surface area contributed by atoms with Crippen molar-refractivity contribution in [2.24, 2.45) is 0 Å². The summed E-state index contributed by atoms with van der Waals surface area (Å²) in [6.45, 7) is 4.77. The molecule has 1 saturated carbocycles. The Balaban J connectivity index is 1.59. The fraction of sp³-hybridized carbons (Fsp3) is 0.760. The van der Waals surface area contributed by atoms with Crippen LogP contribution in [0.3, 0.4) is 0 Å². The van der Waals surface area contributed by atoms with Crippen molar-refractivity contribution in [2.75, 3.05) is 13.1 Å². The average Bonchev–Trinajstić information content (AvgIpc) is 3.23. The maximum Gasteiger partial charge on any atom is 0.256 e. The van der Waals surface area contributed by atoms with Gasteiger partial charge in [-0.15, -0.1) is 4.41 Å². The van der Waals surface area contributed by atoms with Gasteiger partial charge in [0.2, 0.25) is 0 Å². The molecule has 8 nitrogen and oxygen atoms in total. The number of nitrogens with one attached hydrogen (secondary N) is 2. The lowest BCUT2D eigenvalue weighted by atomic mass is 9.98. The summed E-state index contributed by atoms with van der Waals surface area (Å²) in [5.74, 6) is 0. The highest BCUT2D eigenvalue weighted by Gasteiger charge is 2.32. The molecule has 4 rings (SSSR count). The van der Waals surface area contributed by atoms with Gasteiger partial charge in [-0.25, -0.2) is 21.8 Å². The highest BCUT2D eigenvalue weighted by Crippen LogP contribution is 2.27. The predicted molar refractivity (Wildman–Crippen MR) is 252 cm³/mol. The van der Waals surface area contributed by atoms with Gasteiger partial charge in [0.25, 0.3) is 10.0 Å². The zero-order valence-corrected chi connectivity index (χ0v) is 39.8. The summed E-state index contributed by atoms with van der Waals surface area (Å²) in [5.41, 5.74) is 8.73. The summed E-state index contributed by atoms with van der Waals surface area (Å²) >= 11 is 0. The van der Waals surface area contributed by atoms with E-state index in [1.165, 1.54) is 152 Å². The zero-order chi connectivity index (χ0) is 42.7. The number of hydrazine groups is 3. The Morgan fingerprint density at radius 1 is 0.400 bits per heavy atom. The van der Waals surface area contributed by atoms with Crippen LogP contribution < -0.4 is 11.1 Å². The first-order valence-electron chi connectivity index (χ1n) is 24.9. The molecule has 2 fully saturated rings. The van der Waals surface area contributed by atoms with Gasteiger partial charge in [0, 0.05) is 19.1 Å². The summed E-state index contributed by atoms with van der Waals surface area (Å²) in [7, 11) is -7.73. The summed E-state index contributed by atoms with van der Waals surface area (Å²) in [5, 5.41) is 1.62. The molecule has 1 unspecified atom stereocenters. The highest BCUT2D eigenvalue weighted by molar-refractivity contribution is 7.92. The number of rotatable bonds is 5. The van der Waals surface area contributed by atoms with E-state index in [0.29, 0.717) is 11.3 Å². The molecule has 1 saturated heterocycles. The number of hydrogen-bond donors (Lipinski definition) is 2. The fourth-order valence-electron chi connectivity index (χ4n) is 9.27. The molecular formula is C50H86N4O4S2. The van der Waals surface area contributed by atoms with Gasteiger partial charge in [0.15, 0.2) is 9.84 Å². The molecule has 2 N–H and O–H groups in total.